The molecule has 88 valence electrons. The van der Waals surface area contributed by atoms with Crippen LogP contribution in [0.2, 0.25) is 0 Å². The Bertz CT molecular complexity index is 198. The van der Waals surface area contributed by atoms with Gasteiger partial charge in [0.25, 0.3) is 0 Å². The summed E-state index contributed by atoms with van der Waals surface area (Å²) in [6, 6.07) is 0.551. The highest BCUT2D eigenvalue weighted by Gasteiger charge is 2.25. The van der Waals surface area contributed by atoms with Crippen LogP contribution in [0.1, 0.15) is 46.0 Å². The van der Waals surface area contributed by atoms with Crippen molar-refractivity contribution in [2.75, 3.05) is 6.54 Å². The van der Waals surface area contributed by atoms with Gasteiger partial charge in [-0.1, -0.05) is 20.3 Å². The molecule has 0 radical (unpaired) electrons. The molecule has 0 bridgehead atoms. The molecule has 15 heavy (non-hydrogen) atoms. The van der Waals surface area contributed by atoms with Crippen molar-refractivity contribution in [3.8, 4) is 0 Å². The Kier molecular flexibility index (Phi) is 5.09. The normalized spacial score (nSPS) is 28.7. The summed E-state index contributed by atoms with van der Waals surface area (Å²) in [6.07, 6.45) is 4.93. The van der Waals surface area contributed by atoms with Crippen molar-refractivity contribution in [2.45, 2.75) is 52.0 Å². The lowest BCUT2D eigenvalue weighted by Crippen LogP contribution is -2.37. The van der Waals surface area contributed by atoms with Crippen molar-refractivity contribution in [1.82, 2.24) is 5.32 Å². The molecule has 0 spiro atoms. The van der Waals surface area contributed by atoms with E-state index in [1.807, 2.05) is 0 Å². The van der Waals surface area contributed by atoms with Crippen molar-refractivity contribution < 1.29 is 9.90 Å². The first-order valence-electron chi connectivity index (χ1n) is 6.09. The summed E-state index contributed by atoms with van der Waals surface area (Å²) in [6.45, 7) is 5.52. The summed E-state index contributed by atoms with van der Waals surface area (Å²) in [5, 5.41) is 12.4. The third-order valence-corrected chi connectivity index (χ3v) is 3.53. The number of nitrogens with one attached hydrogen (secondary N) is 1. The zero-order chi connectivity index (χ0) is 11.3. The average molecular weight is 213 g/mol. The molecule has 1 fully saturated rings. The maximum Gasteiger partial charge on any atom is 0.306 e. The molecule has 1 aliphatic rings. The second-order valence-corrected chi connectivity index (χ2v) is 4.81. The smallest absolute Gasteiger partial charge is 0.306 e. The van der Waals surface area contributed by atoms with E-state index in [0.29, 0.717) is 6.04 Å². The molecule has 0 saturated heterocycles. The van der Waals surface area contributed by atoms with Gasteiger partial charge in [0.15, 0.2) is 0 Å². The van der Waals surface area contributed by atoms with Crippen LogP contribution in [-0.2, 0) is 4.79 Å². The van der Waals surface area contributed by atoms with Crippen LogP contribution in [0.3, 0.4) is 0 Å². The van der Waals surface area contributed by atoms with Gasteiger partial charge in [-0.2, -0.15) is 0 Å². The van der Waals surface area contributed by atoms with Crippen LogP contribution in [0.4, 0.5) is 0 Å². The topological polar surface area (TPSA) is 49.3 Å². The van der Waals surface area contributed by atoms with E-state index >= 15 is 0 Å². The van der Waals surface area contributed by atoms with E-state index in [0.717, 1.165) is 38.1 Å². The summed E-state index contributed by atoms with van der Waals surface area (Å²) in [7, 11) is 0. The molecule has 1 aliphatic carbocycles. The zero-order valence-corrected chi connectivity index (χ0v) is 9.83. The molecule has 0 aromatic rings. The minimum atomic E-state index is -0.615. The van der Waals surface area contributed by atoms with E-state index < -0.39 is 5.97 Å². The molecule has 1 atom stereocenters. The molecule has 2 N–H and O–H groups in total. The molecule has 3 heteroatoms. The first kappa shape index (κ1) is 12.5. The molecule has 1 unspecified atom stereocenters. The Morgan fingerprint density at radius 1 is 1.40 bits per heavy atom. The molecule has 0 amide bonds. The van der Waals surface area contributed by atoms with E-state index in [2.05, 4.69) is 19.2 Å². The summed E-state index contributed by atoms with van der Waals surface area (Å²) in [4.78, 5) is 10.8. The monoisotopic (exact) mass is 213 g/mol. The lowest BCUT2D eigenvalue weighted by atomic mass is 9.86. The van der Waals surface area contributed by atoms with Gasteiger partial charge in [-0.3, -0.25) is 4.79 Å². The summed E-state index contributed by atoms with van der Waals surface area (Å²) in [5.74, 6) is 0.0178. The van der Waals surface area contributed by atoms with Crippen LogP contribution in [0.15, 0.2) is 0 Å². The Labute approximate surface area is 92.3 Å². The average Bonchev–Trinajstić information content (AvgIpc) is 2.26. The van der Waals surface area contributed by atoms with Gasteiger partial charge in [0.2, 0.25) is 0 Å². The largest absolute Gasteiger partial charge is 0.481 e. The van der Waals surface area contributed by atoms with Crippen molar-refractivity contribution in [3.63, 3.8) is 0 Å². The van der Waals surface area contributed by atoms with E-state index in [9.17, 15) is 4.79 Å². The maximum absolute atomic E-state index is 10.8. The molecule has 0 aromatic heterocycles. The highest BCUT2D eigenvalue weighted by atomic mass is 16.4. The van der Waals surface area contributed by atoms with Gasteiger partial charge in [-0.15, -0.1) is 0 Å². The minimum absolute atomic E-state index is 0.0911. The second kappa shape index (κ2) is 6.11. The SMILES string of the molecule is CCC(C)CNC1CCC(C(=O)O)CC1. The van der Waals surface area contributed by atoms with Crippen molar-refractivity contribution in [1.29, 1.82) is 0 Å². The molecular weight excluding hydrogens is 190 g/mol. The zero-order valence-electron chi connectivity index (χ0n) is 9.83. The number of hydrogen-bond acceptors (Lipinski definition) is 2. The lowest BCUT2D eigenvalue weighted by Gasteiger charge is -2.27. The predicted octanol–water partition coefficient (Wildman–Crippen LogP) is 2.27. The molecule has 0 heterocycles. The van der Waals surface area contributed by atoms with Crippen LogP contribution < -0.4 is 5.32 Å². The van der Waals surface area contributed by atoms with Crippen LogP contribution in [-0.4, -0.2) is 23.7 Å². The van der Waals surface area contributed by atoms with Crippen molar-refractivity contribution in [3.05, 3.63) is 0 Å². The van der Waals surface area contributed by atoms with E-state index in [1.54, 1.807) is 0 Å². The third kappa shape index (κ3) is 4.20. The van der Waals surface area contributed by atoms with E-state index in [-0.39, 0.29) is 5.92 Å². The molecule has 1 saturated carbocycles. The van der Waals surface area contributed by atoms with Gasteiger partial charge in [-0.05, 0) is 38.1 Å². The standard InChI is InChI=1S/C12H23NO2/c1-3-9(2)8-13-11-6-4-10(5-7-11)12(14)15/h9-11,13H,3-8H2,1-2H3,(H,14,15). The molecule has 0 aliphatic heterocycles. The first-order valence-corrected chi connectivity index (χ1v) is 6.09. The van der Waals surface area contributed by atoms with Gasteiger partial charge in [0.05, 0.1) is 5.92 Å². The molecular formula is C12H23NO2. The first-order chi connectivity index (χ1) is 7.13. The van der Waals surface area contributed by atoms with Crippen LogP contribution >= 0.6 is 0 Å². The number of carboxylic acid groups (broad SMARTS) is 1. The van der Waals surface area contributed by atoms with Gasteiger partial charge < -0.3 is 10.4 Å². The Morgan fingerprint density at radius 2 is 2.00 bits per heavy atom. The van der Waals surface area contributed by atoms with Crippen LogP contribution in [0.5, 0.6) is 0 Å². The number of carbonyl (C=O) groups is 1. The summed E-state index contributed by atoms with van der Waals surface area (Å²) >= 11 is 0. The highest BCUT2D eigenvalue weighted by Crippen LogP contribution is 2.24. The fraction of sp³-hybridized carbons (Fsp3) is 0.917. The predicted molar refractivity (Wildman–Crippen MR) is 60.8 cm³/mol. The van der Waals surface area contributed by atoms with E-state index in [1.165, 1.54) is 6.42 Å². The van der Waals surface area contributed by atoms with Crippen LogP contribution in [0, 0.1) is 11.8 Å². The second-order valence-electron chi connectivity index (χ2n) is 4.81. The maximum atomic E-state index is 10.8. The molecule has 1 rings (SSSR count). The van der Waals surface area contributed by atoms with E-state index in [4.69, 9.17) is 5.11 Å². The number of carboxylic acids is 1. The Balaban J connectivity index is 2.17. The third-order valence-electron chi connectivity index (χ3n) is 3.53. The van der Waals surface area contributed by atoms with Gasteiger partial charge in [-0.25, -0.2) is 0 Å². The molecule has 0 aromatic carbocycles. The van der Waals surface area contributed by atoms with Gasteiger partial charge >= 0.3 is 5.97 Å². The quantitative estimate of drug-likeness (QED) is 0.736. The molecule has 3 nitrogen and oxygen atoms in total. The minimum Gasteiger partial charge on any atom is -0.481 e. The Morgan fingerprint density at radius 3 is 2.47 bits per heavy atom. The lowest BCUT2D eigenvalue weighted by molar-refractivity contribution is -0.142. The number of rotatable bonds is 5. The fourth-order valence-corrected chi connectivity index (χ4v) is 2.06. The number of aliphatic carboxylic acids is 1. The highest BCUT2D eigenvalue weighted by molar-refractivity contribution is 5.70. The summed E-state index contributed by atoms with van der Waals surface area (Å²) in [5.41, 5.74) is 0. The number of hydrogen-bond donors (Lipinski definition) is 2. The van der Waals surface area contributed by atoms with Gasteiger partial charge in [0.1, 0.15) is 0 Å². The van der Waals surface area contributed by atoms with Crippen LogP contribution in [0.25, 0.3) is 0 Å². The van der Waals surface area contributed by atoms with Crippen molar-refractivity contribution >= 4 is 5.97 Å². The fourth-order valence-electron chi connectivity index (χ4n) is 2.06. The Hall–Kier alpha value is -0.570. The van der Waals surface area contributed by atoms with Gasteiger partial charge in [0, 0.05) is 6.04 Å². The van der Waals surface area contributed by atoms with Crippen molar-refractivity contribution in [2.24, 2.45) is 11.8 Å². The summed E-state index contributed by atoms with van der Waals surface area (Å²) < 4.78 is 0.